The highest BCUT2D eigenvalue weighted by atomic mass is 35.5. The molecule has 1 fully saturated rings. The smallest absolute Gasteiger partial charge is 0.255 e. The maximum absolute atomic E-state index is 12.5. The average molecular weight is 371 g/mol. The number of hydrogen-bond donors (Lipinski definition) is 1. The molecule has 26 heavy (non-hydrogen) atoms. The lowest BCUT2D eigenvalue weighted by Crippen LogP contribution is -2.46. The number of methoxy groups -OCH3 is 1. The summed E-state index contributed by atoms with van der Waals surface area (Å²) < 4.78 is 5.00. The van der Waals surface area contributed by atoms with Crippen molar-refractivity contribution in [2.45, 2.75) is 18.4 Å². The van der Waals surface area contributed by atoms with Gasteiger partial charge in [-0.3, -0.25) is 4.79 Å². The third-order valence-corrected chi connectivity index (χ3v) is 4.57. The van der Waals surface area contributed by atoms with Gasteiger partial charge in [-0.05, 0) is 24.3 Å². The van der Waals surface area contributed by atoms with Gasteiger partial charge in [-0.25, -0.2) is 4.98 Å². The molecule has 0 unspecified atom stereocenters. The van der Waals surface area contributed by atoms with Crippen molar-refractivity contribution < 1.29 is 14.6 Å². The molecule has 0 bridgehead atoms. The van der Waals surface area contributed by atoms with E-state index in [0.29, 0.717) is 42.4 Å². The number of carbonyl (C=O) groups excluding carboxylic acids is 1. The Bertz CT molecular complexity index is 847. The number of carbonyl (C=O) groups is 1. The first-order chi connectivity index (χ1) is 12.5. The zero-order valence-electron chi connectivity index (χ0n) is 14.4. The normalized spacial score (nSPS) is 15.7. The maximum Gasteiger partial charge on any atom is 0.255 e. The molecular weight excluding hydrogens is 352 g/mol. The molecule has 1 aliphatic heterocycles. The topological polar surface area (TPSA) is 62.7 Å². The van der Waals surface area contributed by atoms with Crippen molar-refractivity contribution in [3.8, 4) is 17.7 Å². The first-order valence-electron chi connectivity index (χ1n) is 8.29. The van der Waals surface area contributed by atoms with Crippen LogP contribution in [-0.2, 0) is 0 Å². The first-order valence-corrected chi connectivity index (χ1v) is 8.67. The largest absolute Gasteiger partial charge is 0.481 e. The monoisotopic (exact) mass is 370 g/mol. The molecule has 1 N–H and O–H groups in total. The number of rotatable bonds is 2. The molecule has 0 saturated carbocycles. The van der Waals surface area contributed by atoms with E-state index >= 15 is 0 Å². The minimum Gasteiger partial charge on any atom is -0.481 e. The average Bonchev–Trinajstić information content (AvgIpc) is 2.67. The molecule has 3 rings (SSSR count). The second kappa shape index (κ2) is 7.77. The highest BCUT2D eigenvalue weighted by Crippen LogP contribution is 2.23. The highest BCUT2D eigenvalue weighted by molar-refractivity contribution is 6.30. The number of pyridine rings is 1. The highest BCUT2D eigenvalue weighted by Gasteiger charge is 2.32. The summed E-state index contributed by atoms with van der Waals surface area (Å²) >= 11 is 5.94. The van der Waals surface area contributed by atoms with Crippen LogP contribution in [0.15, 0.2) is 42.6 Å². The molecule has 0 radical (unpaired) electrons. The number of likely N-dealkylation sites (tertiary alicyclic amines) is 1. The van der Waals surface area contributed by atoms with Crippen molar-refractivity contribution in [1.82, 2.24) is 9.88 Å². The molecule has 0 aliphatic carbocycles. The van der Waals surface area contributed by atoms with Gasteiger partial charge in [-0.1, -0.05) is 29.5 Å². The van der Waals surface area contributed by atoms with Crippen molar-refractivity contribution in [2.75, 3.05) is 20.2 Å². The van der Waals surface area contributed by atoms with Crippen LogP contribution in [-0.4, -0.2) is 46.7 Å². The molecule has 1 aliphatic rings. The van der Waals surface area contributed by atoms with E-state index in [0.717, 1.165) is 5.56 Å². The molecule has 0 atom stereocenters. The van der Waals surface area contributed by atoms with Gasteiger partial charge in [0.1, 0.15) is 5.60 Å². The fourth-order valence-electron chi connectivity index (χ4n) is 2.77. The Hall–Kier alpha value is -2.55. The van der Waals surface area contributed by atoms with Crippen molar-refractivity contribution in [1.29, 1.82) is 0 Å². The van der Waals surface area contributed by atoms with Crippen LogP contribution < -0.4 is 4.74 Å². The van der Waals surface area contributed by atoms with Gasteiger partial charge >= 0.3 is 0 Å². The van der Waals surface area contributed by atoms with E-state index in [1.165, 1.54) is 13.3 Å². The zero-order chi connectivity index (χ0) is 18.6. The number of aliphatic hydroxyl groups is 1. The van der Waals surface area contributed by atoms with Crippen LogP contribution >= 0.6 is 11.6 Å². The van der Waals surface area contributed by atoms with Crippen molar-refractivity contribution in [3.63, 3.8) is 0 Å². The molecule has 134 valence electrons. The van der Waals surface area contributed by atoms with Crippen LogP contribution in [0.2, 0.25) is 5.02 Å². The van der Waals surface area contributed by atoms with E-state index in [1.807, 2.05) is 12.1 Å². The standard InChI is InChI=1S/C20H19ClN2O3/c1-26-18-6-5-16(14-22-18)19(24)23-11-9-20(25,10-12-23)8-7-15-3-2-4-17(21)13-15/h2-6,13-14,25H,9-12H2,1H3. The summed E-state index contributed by atoms with van der Waals surface area (Å²) in [7, 11) is 1.53. The number of ether oxygens (including phenoxy) is 1. The lowest BCUT2D eigenvalue weighted by atomic mass is 9.91. The van der Waals surface area contributed by atoms with Crippen LogP contribution in [0.4, 0.5) is 0 Å². The molecule has 2 heterocycles. The molecule has 2 aromatic rings. The van der Waals surface area contributed by atoms with E-state index in [9.17, 15) is 9.90 Å². The maximum atomic E-state index is 12.5. The van der Waals surface area contributed by atoms with Gasteiger partial charge in [0, 0.05) is 48.8 Å². The summed E-state index contributed by atoms with van der Waals surface area (Å²) in [6.45, 7) is 0.872. The van der Waals surface area contributed by atoms with E-state index < -0.39 is 5.60 Å². The third-order valence-electron chi connectivity index (χ3n) is 4.33. The minimum atomic E-state index is -1.10. The minimum absolute atomic E-state index is 0.106. The lowest BCUT2D eigenvalue weighted by Gasteiger charge is -2.35. The van der Waals surface area contributed by atoms with Gasteiger partial charge in [0.05, 0.1) is 12.7 Å². The number of benzene rings is 1. The Morgan fingerprint density at radius 2 is 2.08 bits per heavy atom. The predicted octanol–water partition coefficient (Wildman–Crippen LogP) is 2.76. The summed E-state index contributed by atoms with van der Waals surface area (Å²) in [5.74, 6) is 6.27. The quantitative estimate of drug-likeness (QED) is 0.826. The number of piperidine rings is 1. The Morgan fingerprint density at radius 3 is 2.69 bits per heavy atom. The summed E-state index contributed by atoms with van der Waals surface area (Å²) in [6.07, 6.45) is 2.30. The number of amides is 1. The Labute approximate surface area is 157 Å². The van der Waals surface area contributed by atoms with Crippen molar-refractivity contribution in [2.24, 2.45) is 0 Å². The molecular formula is C20H19ClN2O3. The third kappa shape index (κ3) is 4.34. The second-order valence-electron chi connectivity index (χ2n) is 6.17. The molecule has 5 nitrogen and oxygen atoms in total. The van der Waals surface area contributed by atoms with Crippen molar-refractivity contribution in [3.05, 3.63) is 58.7 Å². The summed E-state index contributed by atoms with van der Waals surface area (Å²) in [4.78, 5) is 18.3. The number of nitrogens with zero attached hydrogens (tertiary/aromatic N) is 2. The summed E-state index contributed by atoms with van der Waals surface area (Å²) in [6, 6.07) is 10.5. The molecule has 1 saturated heterocycles. The second-order valence-corrected chi connectivity index (χ2v) is 6.61. The lowest BCUT2D eigenvalue weighted by molar-refractivity contribution is 0.0249. The van der Waals surface area contributed by atoms with Gasteiger partial charge in [-0.2, -0.15) is 0 Å². The summed E-state index contributed by atoms with van der Waals surface area (Å²) in [5.41, 5.74) is 0.159. The van der Waals surface area contributed by atoms with Gasteiger partial charge in [0.15, 0.2) is 0 Å². The van der Waals surface area contributed by atoms with Crippen LogP contribution in [0, 0.1) is 11.8 Å². The number of hydrogen-bond acceptors (Lipinski definition) is 4. The molecule has 1 amide bonds. The zero-order valence-corrected chi connectivity index (χ0v) is 15.2. The van der Waals surface area contributed by atoms with Crippen LogP contribution in [0.5, 0.6) is 5.88 Å². The SMILES string of the molecule is COc1ccc(C(=O)N2CCC(O)(C#Cc3cccc(Cl)c3)CC2)cn1. The van der Waals surface area contributed by atoms with E-state index in [-0.39, 0.29) is 5.91 Å². The predicted molar refractivity (Wildman–Crippen MR) is 99.2 cm³/mol. The molecule has 0 spiro atoms. The Kier molecular flexibility index (Phi) is 5.46. The van der Waals surface area contributed by atoms with Gasteiger partial charge in [0.2, 0.25) is 5.88 Å². The fraction of sp³-hybridized carbons (Fsp3) is 0.300. The Morgan fingerprint density at radius 1 is 1.31 bits per heavy atom. The van der Waals surface area contributed by atoms with Gasteiger partial charge in [-0.15, -0.1) is 0 Å². The first kappa shape index (κ1) is 18.2. The van der Waals surface area contributed by atoms with Crippen molar-refractivity contribution >= 4 is 17.5 Å². The van der Waals surface area contributed by atoms with Crippen LogP contribution in [0.3, 0.4) is 0 Å². The van der Waals surface area contributed by atoms with E-state index in [4.69, 9.17) is 16.3 Å². The van der Waals surface area contributed by atoms with E-state index in [1.54, 1.807) is 29.2 Å². The molecule has 6 heteroatoms. The van der Waals surface area contributed by atoms with Crippen LogP contribution in [0.25, 0.3) is 0 Å². The molecule has 1 aromatic heterocycles. The Balaban J connectivity index is 1.63. The van der Waals surface area contributed by atoms with Crippen LogP contribution in [0.1, 0.15) is 28.8 Å². The van der Waals surface area contributed by atoms with E-state index in [2.05, 4.69) is 16.8 Å². The fourth-order valence-corrected chi connectivity index (χ4v) is 2.96. The summed E-state index contributed by atoms with van der Waals surface area (Å²) in [5, 5.41) is 11.3. The van der Waals surface area contributed by atoms with Gasteiger partial charge in [0.25, 0.3) is 5.91 Å². The number of halogens is 1. The molecule has 1 aromatic carbocycles. The van der Waals surface area contributed by atoms with Gasteiger partial charge < -0.3 is 14.7 Å². The number of aromatic nitrogens is 1.